The summed E-state index contributed by atoms with van der Waals surface area (Å²) in [5.74, 6) is -1.65. The molecule has 0 amide bonds. The normalized spacial score (nSPS) is 45.6. The number of aliphatic hydroxyl groups is 3. The van der Waals surface area contributed by atoms with Gasteiger partial charge in [0.25, 0.3) is 0 Å². The molecule has 3 N–H and O–H groups in total. The minimum absolute atomic E-state index is 0.0508. The molecule has 9 nitrogen and oxygen atoms in total. The lowest BCUT2D eigenvalue weighted by Crippen LogP contribution is -2.56. The molecule has 6 unspecified atom stereocenters. The van der Waals surface area contributed by atoms with Crippen LogP contribution in [0.4, 0.5) is 0 Å². The van der Waals surface area contributed by atoms with Crippen molar-refractivity contribution in [2.75, 3.05) is 26.3 Å². The van der Waals surface area contributed by atoms with Crippen molar-refractivity contribution in [3.8, 4) is 0 Å². The van der Waals surface area contributed by atoms with E-state index in [-0.39, 0.29) is 12.6 Å². The van der Waals surface area contributed by atoms with Crippen LogP contribution >= 0.6 is 0 Å². The Hall–Kier alpha value is -1.52. The van der Waals surface area contributed by atoms with E-state index < -0.39 is 54.0 Å². The number of esters is 2. The number of epoxide rings is 1. The van der Waals surface area contributed by atoms with E-state index in [1.54, 1.807) is 0 Å². The summed E-state index contributed by atoms with van der Waals surface area (Å²) in [6, 6.07) is -0.213. The highest BCUT2D eigenvalue weighted by Crippen LogP contribution is 2.54. The standard InChI is InChI=1S/C18H25NO8/c1-10(21)18(24)8-17(9-20)16(2,27-17)14(22)25-7-11-3-5-19-6-4-12(13(11)19)26-15(18)23/h3,10,12-13,20-21,24H,4-9H2,1-2H3. The largest absolute Gasteiger partial charge is 0.459 e. The number of rotatable bonds is 2. The first-order valence-electron chi connectivity index (χ1n) is 9.20. The van der Waals surface area contributed by atoms with Gasteiger partial charge in [-0.3, -0.25) is 4.90 Å². The van der Waals surface area contributed by atoms with E-state index in [4.69, 9.17) is 14.2 Å². The topological polar surface area (TPSA) is 129 Å². The van der Waals surface area contributed by atoms with Crippen molar-refractivity contribution in [1.82, 2.24) is 4.90 Å². The van der Waals surface area contributed by atoms with Crippen molar-refractivity contribution in [1.29, 1.82) is 0 Å². The van der Waals surface area contributed by atoms with Gasteiger partial charge in [-0.25, -0.2) is 9.59 Å². The van der Waals surface area contributed by atoms with E-state index in [0.29, 0.717) is 19.5 Å². The molecule has 4 aliphatic heterocycles. The van der Waals surface area contributed by atoms with Gasteiger partial charge in [0.2, 0.25) is 0 Å². The van der Waals surface area contributed by atoms with Crippen LogP contribution in [0.25, 0.3) is 0 Å². The quantitative estimate of drug-likeness (QED) is 0.296. The molecule has 0 saturated carbocycles. The Kier molecular flexibility index (Phi) is 4.17. The molecule has 0 aliphatic carbocycles. The van der Waals surface area contributed by atoms with Crippen LogP contribution in [0.3, 0.4) is 0 Å². The molecule has 0 bridgehead atoms. The summed E-state index contributed by atoms with van der Waals surface area (Å²) in [6.45, 7) is 3.52. The molecule has 0 aromatic heterocycles. The molecule has 27 heavy (non-hydrogen) atoms. The number of fused-ring (bicyclic) bond motifs is 1. The highest BCUT2D eigenvalue weighted by Gasteiger charge is 2.75. The Morgan fingerprint density at radius 1 is 1.37 bits per heavy atom. The summed E-state index contributed by atoms with van der Waals surface area (Å²) >= 11 is 0. The highest BCUT2D eigenvalue weighted by molar-refractivity contribution is 5.86. The fourth-order valence-electron chi connectivity index (χ4n) is 4.51. The van der Waals surface area contributed by atoms with E-state index in [1.165, 1.54) is 13.8 Å². The average molecular weight is 383 g/mol. The molecule has 3 fully saturated rings. The van der Waals surface area contributed by atoms with Crippen molar-refractivity contribution in [3.05, 3.63) is 11.6 Å². The number of nitrogens with zero attached hydrogens (tertiary/aromatic N) is 1. The van der Waals surface area contributed by atoms with Crippen molar-refractivity contribution in [3.63, 3.8) is 0 Å². The fourth-order valence-corrected chi connectivity index (χ4v) is 4.51. The van der Waals surface area contributed by atoms with E-state index in [2.05, 4.69) is 4.90 Å². The third-order valence-electron chi connectivity index (χ3n) is 6.51. The molecule has 6 atom stereocenters. The van der Waals surface area contributed by atoms with Gasteiger partial charge in [0.1, 0.15) is 18.3 Å². The Labute approximate surface area is 156 Å². The zero-order valence-corrected chi connectivity index (χ0v) is 15.4. The van der Waals surface area contributed by atoms with Crippen LogP contribution in [0.15, 0.2) is 11.6 Å². The van der Waals surface area contributed by atoms with Gasteiger partial charge in [-0.2, -0.15) is 0 Å². The summed E-state index contributed by atoms with van der Waals surface area (Å²) in [7, 11) is 0. The molecule has 0 aromatic carbocycles. The van der Waals surface area contributed by atoms with Gasteiger partial charge in [0, 0.05) is 19.5 Å². The maximum absolute atomic E-state index is 12.9. The van der Waals surface area contributed by atoms with Gasteiger partial charge in [0.05, 0.1) is 18.8 Å². The lowest BCUT2D eigenvalue weighted by Gasteiger charge is -2.34. The first-order chi connectivity index (χ1) is 12.7. The highest BCUT2D eigenvalue weighted by atomic mass is 16.7. The predicted octanol–water partition coefficient (Wildman–Crippen LogP) is -1.51. The van der Waals surface area contributed by atoms with Crippen LogP contribution in [0.2, 0.25) is 0 Å². The summed E-state index contributed by atoms with van der Waals surface area (Å²) in [4.78, 5) is 27.6. The Bertz CT molecular complexity index is 707. The zero-order valence-electron chi connectivity index (χ0n) is 15.4. The van der Waals surface area contributed by atoms with Crippen molar-refractivity contribution < 1.29 is 39.1 Å². The fraction of sp³-hybridized carbons (Fsp3) is 0.778. The van der Waals surface area contributed by atoms with Crippen LogP contribution in [-0.4, -0.2) is 93.5 Å². The van der Waals surface area contributed by atoms with Gasteiger partial charge in [-0.1, -0.05) is 6.08 Å². The third kappa shape index (κ3) is 2.56. The average Bonchev–Trinajstić information content (AvgIpc) is 2.92. The number of aliphatic hydroxyl groups excluding tert-OH is 2. The minimum Gasteiger partial charge on any atom is -0.459 e. The monoisotopic (exact) mass is 383 g/mol. The molecule has 0 radical (unpaired) electrons. The Balaban J connectivity index is 1.72. The molecule has 3 saturated heterocycles. The summed E-state index contributed by atoms with van der Waals surface area (Å²) < 4.78 is 16.6. The number of ether oxygens (including phenoxy) is 3. The van der Waals surface area contributed by atoms with E-state index >= 15 is 0 Å². The maximum atomic E-state index is 12.9. The molecule has 4 aliphatic rings. The van der Waals surface area contributed by atoms with Crippen LogP contribution in [0, 0.1) is 0 Å². The van der Waals surface area contributed by atoms with Gasteiger partial charge in [-0.15, -0.1) is 0 Å². The SMILES string of the molecule is CC(O)C1(O)CC2(CO)OC2(C)C(=O)OCC2=CCN3CCC(OC1=O)C23. The molecule has 4 heterocycles. The lowest BCUT2D eigenvalue weighted by molar-refractivity contribution is -0.187. The second-order valence-electron chi connectivity index (χ2n) is 8.09. The van der Waals surface area contributed by atoms with E-state index in [1.807, 2.05) is 6.08 Å². The first-order valence-corrected chi connectivity index (χ1v) is 9.20. The smallest absolute Gasteiger partial charge is 0.341 e. The Morgan fingerprint density at radius 3 is 2.78 bits per heavy atom. The van der Waals surface area contributed by atoms with Crippen molar-refractivity contribution in [2.45, 2.75) is 61.7 Å². The number of cyclic esters (lactones) is 1. The Morgan fingerprint density at radius 2 is 2.11 bits per heavy atom. The molecular formula is C18H25NO8. The number of carbonyl (C=O) groups is 2. The van der Waals surface area contributed by atoms with Crippen molar-refractivity contribution in [2.24, 2.45) is 0 Å². The third-order valence-corrected chi connectivity index (χ3v) is 6.51. The van der Waals surface area contributed by atoms with Gasteiger partial charge >= 0.3 is 11.9 Å². The number of hydrogen-bond donors (Lipinski definition) is 3. The molecule has 4 rings (SSSR count). The van der Waals surface area contributed by atoms with Crippen LogP contribution in [0.1, 0.15) is 26.7 Å². The lowest BCUT2D eigenvalue weighted by atomic mass is 9.80. The summed E-state index contributed by atoms with van der Waals surface area (Å²) in [5, 5.41) is 30.9. The van der Waals surface area contributed by atoms with Crippen LogP contribution < -0.4 is 0 Å². The van der Waals surface area contributed by atoms with Crippen LogP contribution in [0.5, 0.6) is 0 Å². The van der Waals surface area contributed by atoms with Gasteiger partial charge < -0.3 is 29.5 Å². The minimum atomic E-state index is -2.32. The van der Waals surface area contributed by atoms with E-state index in [9.17, 15) is 24.9 Å². The molecule has 0 aromatic rings. The molecule has 150 valence electrons. The summed E-state index contributed by atoms with van der Waals surface area (Å²) in [5.41, 5.74) is -4.54. The summed E-state index contributed by atoms with van der Waals surface area (Å²) in [6.07, 6.45) is 0.0439. The maximum Gasteiger partial charge on any atom is 0.341 e. The van der Waals surface area contributed by atoms with E-state index in [0.717, 1.165) is 5.57 Å². The molecular weight excluding hydrogens is 358 g/mol. The van der Waals surface area contributed by atoms with Gasteiger partial charge in [-0.05, 0) is 25.8 Å². The second-order valence-corrected chi connectivity index (χ2v) is 8.09. The first kappa shape index (κ1) is 18.8. The second kappa shape index (κ2) is 5.99. The number of carbonyl (C=O) groups excluding carboxylic acids is 2. The van der Waals surface area contributed by atoms with Crippen LogP contribution in [-0.2, 0) is 23.8 Å². The molecule has 9 heteroatoms. The predicted molar refractivity (Wildman–Crippen MR) is 89.5 cm³/mol. The molecule has 0 spiro atoms. The number of hydrogen-bond acceptors (Lipinski definition) is 9. The van der Waals surface area contributed by atoms with Gasteiger partial charge in [0.15, 0.2) is 11.2 Å². The zero-order chi connectivity index (χ0) is 19.6. The van der Waals surface area contributed by atoms with Crippen molar-refractivity contribution >= 4 is 11.9 Å².